The summed E-state index contributed by atoms with van der Waals surface area (Å²) in [4.78, 5) is 39.5. The Labute approximate surface area is 179 Å². The maximum Gasteiger partial charge on any atom is 0.270 e. The van der Waals surface area contributed by atoms with E-state index in [1.54, 1.807) is 57.4 Å². The maximum absolute atomic E-state index is 12.9. The van der Waals surface area contributed by atoms with Crippen LogP contribution in [-0.2, 0) is 14.4 Å². The summed E-state index contributed by atoms with van der Waals surface area (Å²) in [5.74, 6) is 0.448. The molecule has 0 bridgehead atoms. The minimum absolute atomic E-state index is 0.0111. The van der Waals surface area contributed by atoms with Gasteiger partial charge in [0.2, 0.25) is 5.91 Å². The van der Waals surface area contributed by atoms with E-state index in [1.165, 1.54) is 15.9 Å². The average Bonchev–Trinajstić information content (AvgIpc) is 3.11. The van der Waals surface area contributed by atoms with Crippen LogP contribution in [0.25, 0.3) is 6.08 Å². The number of aryl methyl sites for hydroxylation is 1. The number of carbonyl (C=O) groups is 3. The normalized spacial score (nSPS) is 15.4. The van der Waals surface area contributed by atoms with Gasteiger partial charge in [-0.3, -0.25) is 24.6 Å². The van der Waals surface area contributed by atoms with Gasteiger partial charge >= 0.3 is 0 Å². The van der Waals surface area contributed by atoms with Gasteiger partial charge in [-0.25, -0.2) is 0 Å². The number of carbonyl (C=O) groups excluding carboxylic acids is 3. The highest BCUT2D eigenvalue weighted by Gasteiger charge is 2.34. The quantitative estimate of drug-likeness (QED) is 0.432. The molecular formula is C21H21N3O5S. The molecule has 1 aliphatic heterocycles. The summed E-state index contributed by atoms with van der Waals surface area (Å²) in [7, 11) is 3.37. The lowest BCUT2D eigenvalue weighted by molar-refractivity contribution is -0.129. The van der Waals surface area contributed by atoms with Crippen molar-refractivity contribution in [3.05, 3.63) is 53.5 Å². The molecule has 156 valence electrons. The van der Waals surface area contributed by atoms with Crippen LogP contribution >= 0.6 is 12.2 Å². The van der Waals surface area contributed by atoms with Gasteiger partial charge in [0.1, 0.15) is 22.8 Å². The third kappa shape index (κ3) is 4.74. The molecule has 1 aliphatic rings. The van der Waals surface area contributed by atoms with E-state index >= 15 is 0 Å². The SMILES string of the molecule is Cc1ccc(C=C2C(=O)NC(=S)N(c3ccc(OCCC(=O)N(C)C)cc3)C2=O)o1. The lowest BCUT2D eigenvalue weighted by atomic mass is 10.1. The molecule has 3 amide bonds. The first-order valence-electron chi connectivity index (χ1n) is 9.17. The molecule has 9 heteroatoms. The first-order valence-corrected chi connectivity index (χ1v) is 9.58. The van der Waals surface area contributed by atoms with Crippen LogP contribution in [0, 0.1) is 6.92 Å². The van der Waals surface area contributed by atoms with Crippen molar-refractivity contribution in [2.24, 2.45) is 0 Å². The Morgan fingerprint density at radius 3 is 2.50 bits per heavy atom. The zero-order chi connectivity index (χ0) is 21.8. The fraction of sp³-hybridized carbons (Fsp3) is 0.238. The first kappa shape index (κ1) is 21.3. The summed E-state index contributed by atoms with van der Waals surface area (Å²) in [5, 5.41) is 2.51. The Bertz CT molecular complexity index is 1020. The van der Waals surface area contributed by atoms with E-state index in [0.717, 1.165) is 0 Å². The number of hydrogen-bond donors (Lipinski definition) is 1. The minimum Gasteiger partial charge on any atom is -0.493 e. The van der Waals surface area contributed by atoms with Gasteiger partial charge in [0, 0.05) is 14.1 Å². The third-order valence-corrected chi connectivity index (χ3v) is 4.61. The van der Waals surface area contributed by atoms with Crippen molar-refractivity contribution in [3.63, 3.8) is 0 Å². The van der Waals surface area contributed by atoms with Crippen molar-refractivity contribution >= 4 is 46.8 Å². The van der Waals surface area contributed by atoms with E-state index in [9.17, 15) is 14.4 Å². The molecule has 0 atom stereocenters. The molecule has 3 rings (SSSR count). The van der Waals surface area contributed by atoms with Gasteiger partial charge in [-0.15, -0.1) is 0 Å². The molecule has 0 unspecified atom stereocenters. The van der Waals surface area contributed by atoms with E-state index in [1.807, 2.05) is 0 Å². The third-order valence-electron chi connectivity index (χ3n) is 4.33. The number of benzene rings is 1. The van der Waals surface area contributed by atoms with Crippen molar-refractivity contribution in [2.75, 3.05) is 25.6 Å². The van der Waals surface area contributed by atoms with E-state index in [0.29, 0.717) is 23.0 Å². The van der Waals surface area contributed by atoms with Gasteiger partial charge in [-0.2, -0.15) is 0 Å². The predicted molar refractivity (Wildman–Crippen MR) is 115 cm³/mol. The van der Waals surface area contributed by atoms with Crippen LogP contribution < -0.4 is 15.0 Å². The number of thiocarbonyl (C=S) groups is 1. The van der Waals surface area contributed by atoms with Crippen LogP contribution in [0.1, 0.15) is 17.9 Å². The van der Waals surface area contributed by atoms with Crippen LogP contribution in [0.4, 0.5) is 5.69 Å². The molecule has 1 aromatic heterocycles. The van der Waals surface area contributed by atoms with E-state index < -0.39 is 11.8 Å². The molecule has 0 spiro atoms. The predicted octanol–water partition coefficient (Wildman–Crippen LogP) is 2.28. The van der Waals surface area contributed by atoms with Gasteiger partial charge in [-0.05, 0) is 61.6 Å². The van der Waals surface area contributed by atoms with E-state index in [-0.39, 0.29) is 29.6 Å². The molecule has 0 radical (unpaired) electrons. The highest BCUT2D eigenvalue weighted by molar-refractivity contribution is 7.80. The van der Waals surface area contributed by atoms with Crippen LogP contribution in [-0.4, -0.2) is 48.4 Å². The zero-order valence-electron chi connectivity index (χ0n) is 16.8. The average molecular weight is 427 g/mol. The number of rotatable bonds is 6. The van der Waals surface area contributed by atoms with Gasteiger partial charge in [0.05, 0.1) is 18.7 Å². The standard InChI is InChI=1S/C21H21N3O5S/c1-13-4-7-16(29-13)12-17-19(26)22-21(30)24(20(17)27)14-5-8-15(9-6-14)28-11-10-18(25)23(2)3/h4-9,12H,10-11H2,1-3H3,(H,22,26,30). The van der Waals surface area contributed by atoms with Crippen LogP contribution in [0.3, 0.4) is 0 Å². The summed E-state index contributed by atoms with van der Waals surface area (Å²) in [6.45, 7) is 2.01. The highest BCUT2D eigenvalue weighted by atomic mass is 32.1. The van der Waals surface area contributed by atoms with Gasteiger partial charge in [-0.1, -0.05) is 0 Å². The molecule has 0 aliphatic carbocycles. The number of furan rings is 1. The summed E-state index contributed by atoms with van der Waals surface area (Å²) in [6.07, 6.45) is 1.65. The number of nitrogens with one attached hydrogen (secondary N) is 1. The van der Waals surface area contributed by atoms with Crippen molar-refractivity contribution in [2.45, 2.75) is 13.3 Å². The van der Waals surface area contributed by atoms with E-state index in [4.69, 9.17) is 21.4 Å². The van der Waals surface area contributed by atoms with Gasteiger partial charge in [0.25, 0.3) is 11.8 Å². The molecule has 8 nitrogen and oxygen atoms in total. The molecule has 1 aromatic carbocycles. The zero-order valence-corrected chi connectivity index (χ0v) is 17.6. The summed E-state index contributed by atoms with van der Waals surface area (Å²) >= 11 is 5.19. The molecule has 30 heavy (non-hydrogen) atoms. The largest absolute Gasteiger partial charge is 0.493 e. The number of anilines is 1. The Morgan fingerprint density at radius 2 is 1.90 bits per heavy atom. The molecule has 0 saturated carbocycles. The van der Waals surface area contributed by atoms with Crippen molar-refractivity contribution in [1.29, 1.82) is 0 Å². The topological polar surface area (TPSA) is 92.1 Å². The Balaban J connectivity index is 1.74. The molecule has 1 fully saturated rings. The van der Waals surface area contributed by atoms with Crippen LogP contribution in [0.15, 0.2) is 46.4 Å². The molecule has 2 aromatic rings. The second-order valence-corrected chi connectivity index (χ2v) is 7.17. The summed E-state index contributed by atoms with van der Waals surface area (Å²) in [5.41, 5.74) is 0.392. The Morgan fingerprint density at radius 1 is 1.20 bits per heavy atom. The number of amides is 3. The molecular weight excluding hydrogens is 406 g/mol. The number of ether oxygens (including phenoxy) is 1. The first-order chi connectivity index (χ1) is 14.3. The smallest absolute Gasteiger partial charge is 0.270 e. The lowest BCUT2D eigenvalue weighted by Crippen LogP contribution is -2.54. The second-order valence-electron chi connectivity index (χ2n) is 6.79. The summed E-state index contributed by atoms with van der Waals surface area (Å²) < 4.78 is 11.0. The van der Waals surface area contributed by atoms with E-state index in [2.05, 4.69) is 5.32 Å². The van der Waals surface area contributed by atoms with Crippen molar-refractivity contribution in [3.8, 4) is 5.75 Å². The Hall–Kier alpha value is -3.46. The summed E-state index contributed by atoms with van der Waals surface area (Å²) in [6, 6.07) is 10.1. The maximum atomic E-state index is 12.9. The molecule has 2 heterocycles. The van der Waals surface area contributed by atoms with Crippen LogP contribution in [0.5, 0.6) is 5.75 Å². The van der Waals surface area contributed by atoms with Crippen LogP contribution in [0.2, 0.25) is 0 Å². The number of nitrogens with zero attached hydrogens (tertiary/aromatic N) is 2. The van der Waals surface area contributed by atoms with Gasteiger partial charge in [0.15, 0.2) is 5.11 Å². The van der Waals surface area contributed by atoms with Crippen molar-refractivity contribution in [1.82, 2.24) is 10.2 Å². The second kappa shape index (κ2) is 8.91. The highest BCUT2D eigenvalue weighted by Crippen LogP contribution is 2.25. The number of hydrogen-bond acceptors (Lipinski definition) is 6. The fourth-order valence-corrected chi connectivity index (χ4v) is 3.02. The lowest BCUT2D eigenvalue weighted by Gasteiger charge is -2.28. The molecule has 1 saturated heterocycles. The molecule has 1 N–H and O–H groups in total. The minimum atomic E-state index is -0.583. The van der Waals surface area contributed by atoms with Gasteiger partial charge < -0.3 is 14.1 Å². The Kier molecular flexibility index (Phi) is 6.31. The monoisotopic (exact) mass is 427 g/mol. The van der Waals surface area contributed by atoms with Crippen molar-refractivity contribution < 1.29 is 23.5 Å². The fourth-order valence-electron chi connectivity index (χ4n) is 2.74.